The third kappa shape index (κ3) is 2.51. The van der Waals surface area contributed by atoms with E-state index in [-0.39, 0.29) is 0 Å². The first-order chi connectivity index (χ1) is 4.83. The lowest BCUT2D eigenvalue weighted by atomic mass is 10.0. The molecule has 2 atom stereocenters. The zero-order valence-electron chi connectivity index (χ0n) is 6.80. The Morgan fingerprint density at radius 1 is 1.60 bits per heavy atom. The van der Waals surface area contributed by atoms with Gasteiger partial charge in [-0.1, -0.05) is 13.8 Å². The summed E-state index contributed by atoms with van der Waals surface area (Å²) in [6.45, 7) is 5.47. The van der Waals surface area contributed by atoms with Gasteiger partial charge in [0, 0.05) is 6.61 Å². The fourth-order valence-electron chi connectivity index (χ4n) is 1.22. The van der Waals surface area contributed by atoms with Crippen LogP contribution in [0.5, 0.6) is 0 Å². The molecule has 60 valence electrons. The first-order valence-corrected chi connectivity index (χ1v) is 5.11. The number of rotatable bonds is 2. The van der Waals surface area contributed by atoms with E-state index < -0.39 is 0 Å². The zero-order chi connectivity index (χ0) is 7.40. The summed E-state index contributed by atoms with van der Waals surface area (Å²) in [5, 5.41) is 0. The molecule has 1 aliphatic heterocycles. The van der Waals surface area contributed by atoms with E-state index in [1.54, 1.807) is 0 Å². The molecular weight excluding hydrogens is 144 g/mol. The summed E-state index contributed by atoms with van der Waals surface area (Å²) in [4.78, 5) is 0. The Balaban J connectivity index is 2.18. The Morgan fingerprint density at radius 2 is 2.40 bits per heavy atom. The zero-order valence-corrected chi connectivity index (χ0v) is 7.62. The van der Waals surface area contributed by atoms with Crippen LogP contribution < -0.4 is 0 Å². The molecule has 0 saturated carbocycles. The SMILES string of the molecule is CCSC1CC(C)CCO1. The van der Waals surface area contributed by atoms with Crippen LogP contribution in [0.25, 0.3) is 0 Å². The molecule has 1 fully saturated rings. The smallest absolute Gasteiger partial charge is 0.103 e. The molecule has 1 heterocycles. The maximum atomic E-state index is 5.55. The van der Waals surface area contributed by atoms with Crippen molar-refractivity contribution >= 4 is 11.8 Å². The summed E-state index contributed by atoms with van der Waals surface area (Å²) >= 11 is 1.93. The standard InChI is InChI=1S/C8H16OS/c1-3-10-8-6-7(2)4-5-9-8/h7-8H,3-6H2,1-2H3. The van der Waals surface area contributed by atoms with Gasteiger partial charge >= 0.3 is 0 Å². The molecule has 1 saturated heterocycles. The van der Waals surface area contributed by atoms with E-state index in [4.69, 9.17) is 4.74 Å². The average molecular weight is 160 g/mol. The van der Waals surface area contributed by atoms with E-state index >= 15 is 0 Å². The topological polar surface area (TPSA) is 9.23 Å². The maximum Gasteiger partial charge on any atom is 0.103 e. The van der Waals surface area contributed by atoms with Gasteiger partial charge in [-0.05, 0) is 24.5 Å². The minimum atomic E-state index is 0.494. The van der Waals surface area contributed by atoms with Crippen molar-refractivity contribution < 1.29 is 4.74 Å². The summed E-state index contributed by atoms with van der Waals surface area (Å²) in [7, 11) is 0. The fourth-order valence-corrected chi connectivity index (χ4v) is 2.25. The molecule has 0 radical (unpaired) electrons. The van der Waals surface area contributed by atoms with Crippen molar-refractivity contribution in [2.24, 2.45) is 5.92 Å². The van der Waals surface area contributed by atoms with E-state index in [0.717, 1.165) is 12.5 Å². The van der Waals surface area contributed by atoms with Crippen molar-refractivity contribution in [1.29, 1.82) is 0 Å². The highest BCUT2D eigenvalue weighted by Crippen LogP contribution is 2.26. The van der Waals surface area contributed by atoms with Gasteiger partial charge in [0.15, 0.2) is 0 Å². The van der Waals surface area contributed by atoms with Gasteiger partial charge in [0.25, 0.3) is 0 Å². The van der Waals surface area contributed by atoms with Gasteiger partial charge in [0.1, 0.15) is 5.44 Å². The molecule has 10 heavy (non-hydrogen) atoms. The largest absolute Gasteiger partial charge is 0.368 e. The van der Waals surface area contributed by atoms with Crippen LogP contribution in [-0.2, 0) is 4.74 Å². The molecule has 0 aromatic carbocycles. The minimum Gasteiger partial charge on any atom is -0.368 e. The molecule has 0 spiro atoms. The van der Waals surface area contributed by atoms with E-state index in [2.05, 4.69) is 13.8 Å². The van der Waals surface area contributed by atoms with Crippen molar-refractivity contribution in [3.05, 3.63) is 0 Å². The van der Waals surface area contributed by atoms with Crippen molar-refractivity contribution in [3.8, 4) is 0 Å². The Bertz CT molecular complexity index is 93.3. The van der Waals surface area contributed by atoms with Crippen LogP contribution in [0.3, 0.4) is 0 Å². The second kappa shape index (κ2) is 4.24. The van der Waals surface area contributed by atoms with E-state index in [1.165, 1.54) is 18.6 Å². The number of hydrogen-bond acceptors (Lipinski definition) is 2. The Hall–Kier alpha value is 0.310. The number of hydrogen-bond donors (Lipinski definition) is 0. The average Bonchev–Trinajstić information content (AvgIpc) is 1.88. The first-order valence-electron chi connectivity index (χ1n) is 4.06. The minimum absolute atomic E-state index is 0.494. The quantitative estimate of drug-likeness (QED) is 0.614. The predicted molar refractivity (Wildman–Crippen MR) is 46.3 cm³/mol. The van der Waals surface area contributed by atoms with Crippen molar-refractivity contribution in [2.45, 2.75) is 32.1 Å². The van der Waals surface area contributed by atoms with Crippen LogP contribution in [0.4, 0.5) is 0 Å². The molecule has 1 nitrogen and oxygen atoms in total. The molecule has 0 bridgehead atoms. The lowest BCUT2D eigenvalue weighted by molar-refractivity contribution is 0.0488. The van der Waals surface area contributed by atoms with Gasteiger partial charge in [0.05, 0.1) is 0 Å². The second-order valence-electron chi connectivity index (χ2n) is 2.89. The molecule has 1 aliphatic rings. The molecule has 0 aromatic heterocycles. The first kappa shape index (κ1) is 8.41. The van der Waals surface area contributed by atoms with Crippen LogP contribution in [0.15, 0.2) is 0 Å². The fraction of sp³-hybridized carbons (Fsp3) is 1.00. The normalized spacial score (nSPS) is 34.2. The predicted octanol–water partition coefficient (Wildman–Crippen LogP) is 2.51. The monoisotopic (exact) mass is 160 g/mol. The van der Waals surface area contributed by atoms with E-state index in [0.29, 0.717) is 5.44 Å². The highest BCUT2D eigenvalue weighted by Gasteiger charge is 2.18. The van der Waals surface area contributed by atoms with E-state index in [1.807, 2.05) is 11.8 Å². The lowest BCUT2D eigenvalue weighted by Crippen LogP contribution is -2.21. The maximum absolute atomic E-state index is 5.55. The Morgan fingerprint density at radius 3 is 3.00 bits per heavy atom. The van der Waals surface area contributed by atoms with Gasteiger partial charge in [-0.3, -0.25) is 0 Å². The van der Waals surface area contributed by atoms with Gasteiger partial charge < -0.3 is 4.74 Å². The van der Waals surface area contributed by atoms with Crippen LogP contribution in [-0.4, -0.2) is 17.8 Å². The molecule has 2 heteroatoms. The third-order valence-electron chi connectivity index (χ3n) is 1.86. The Kier molecular flexibility index (Phi) is 3.57. The molecule has 2 unspecified atom stereocenters. The molecule has 1 rings (SSSR count). The summed E-state index contributed by atoms with van der Waals surface area (Å²) in [6.07, 6.45) is 2.50. The summed E-state index contributed by atoms with van der Waals surface area (Å²) in [5.41, 5.74) is 0.494. The van der Waals surface area contributed by atoms with Crippen LogP contribution >= 0.6 is 11.8 Å². The summed E-state index contributed by atoms with van der Waals surface area (Å²) < 4.78 is 5.55. The van der Waals surface area contributed by atoms with Gasteiger partial charge in [-0.2, -0.15) is 0 Å². The van der Waals surface area contributed by atoms with Crippen molar-refractivity contribution in [3.63, 3.8) is 0 Å². The number of thioether (sulfide) groups is 1. The van der Waals surface area contributed by atoms with Crippen LogP contribution in [0, 0.1) is 5.92 Å². The van der Waals surface area contributed by atoms with Gasteiger partial charge in [-0.25, -0.2) is 0 Å². The third-order valence-corrected chi connectivity index (χ3v) is 2.90. The summed E-state index contributed by atoms with van der Waals surface area (Å²) in [5.74, 6) is 2.05. The molecule has 0 aliphatic carbocycles. The highest BCUT2D eigenvalue weighted by molar-refractivity contribution is 7.99. The second-order valence-corrected chi connectivity index (χ2v) is 4.32. The van der Waals surface area contributed by atoms with Crippen LogP contribution in [0.2, 0.25) is 0 Å². The van der Waals surface area contributed by atoms with Gasteiger partial charge in [-0.15, -0.1) is 11.8 Å². The molecule has 0 amide bonds. The molecular formula is C8H16OS. The lowest BCUT2D eigenvalue weighted by Gasteiger charge is -2.26. The Labute approximate surface area is 67.5 Å². The van der Waals surface area contributed by atoms with Gasteiger partial charge in [0.2, 0.25) is 0 Å². The highest BCUT2D eigenvalue weighted by atomic mass is 32.2. The van der Waals surface area contributed by atoms with Crippen LogP contribution in [0.1, 0.15) is 26.7 Å². The summed E-state index contributed by atoms with van der Waals surface area (Å²) in [6, 6.07) is 0. The molecule has 0 aromatic rings. The number of ether oxygens (including phenoxy) is 1. The van der Waals surface area contributed by atoms with E-state index in [9.17, 15) is 0 Å². The molecule has 0 N–H and O–H groups in total. The van der Waals surface area contributed by atoms with Crippen molar-refractivity contribution in [1.82, 2.24) is 0 Å². The van der Waals surface area contributed by atoms with Crippen molar-refractivity contribution in [2.75, 3.05) is 12.4 Å².